The summed E-state index contributed by atoms with van der Waals surface area (Å²) < 4.78 is 12.2. The van der Waals surface area contributed by atoms with Crippen LogP contribution < -0.4 is 0 Å². The second-order valence-corrected chi connectivity index (χ2v) is 7.16. The number of aryl methyl sites for hydroxylation is 1. The van der Waals surface area contributed by atoms with E-state index >= 15 is 0 Å². The van der Waals surface area contributed by atoms with Crippen LogP contribution in [0, 0.1) is 6.92 Å². The van der Waals surface area contributed by atoms with Crippen LogP contribution in [0.1, 0.15) is 38.7 Å². The highest BCUT2D eigenvalue weighted by Gasteiger charge is 2.55. The van der Waals surface area contributed by atoms with Gasteiger partial charge in [-0.1, -0.05) is 70.5 Å². The lowest BCUT2D eigenvalue weighted by molar-refractivity contribution is -0.180. The number of esters is 1. The molecule has 3 nitrogen and oxygen atoms in total. The molecule has 5 rings (SSSR count). The van der Waals surface area contributed by atoms with Crippen molar-refractivity contribution < 1.29 is 14.3 Å². The van der Waals surface area contributed by atoms with Gasteiger partial charge in [-0.05, 0) is 28.8 Å². The summed E-state index contributed by atoms with van der Waals surface area (Å²) in [7, 11) is 0. The van der Waals surface area contributed by atoms with Crippen molar-refractivity contribution in [2.75, 3.05) is 5.33 Å². The van der Waals surface area contributed by atoms with Crippen LogP contribution in [-0.2, 0) is 15.3 Å². The Morgan fingerprint density at radius 3 is 2.68 bits per heavy atom. The van der Waals surface area contributed by atoms with Crippen molar-refractivity contribution >= 4 is 32.7 Å². The van der Waals surface area contributed by atoms with Gasteiger partial charge in [-0.25, -0.2) is 4.79 Å². The molecule has 0 fully saturated rings. The number of rotatable bonds is 1. The molecule has 2 heterocycles. The van der Waals surface area contributed by atoms with E-state index in [1.165, 1.54) is 0 Å². The summed E-state index contributed by atoms with van der Waals surface area (Å²) in [4.78, 5) is 12.8. The molecule has 2 atom stereocenters. The number of hydrogen-bond donors (Lipinski definition) is 0. The molecule has 2 aliphatic rings. The molecular formula is C21H15BrO3. The molecule has 3 aromatic carbocycles. The fourth-order valence-corrected chi connectivity index (χ4v) is 4.53. The zero-order valence-electron chi connectivity index (χ0n) is 13.6. The number of fused-ring (bicyclic) bond motifs is 6. The fourth-order valence-electron chi connectivity index (χ4n) is 4.05. The summed E-state index contributed by atoms with van der Waals surface area (Å²) in [6, 6.07) is 18.0. The minimum Gasteiger partial charge on any atom is -0.420 e. The molecule has 0 bridgehead atoms. The smallest absolute Gasteiger partial charge is 0.342 e. The quantitative estimate of drug-likeness (QED) is 0.430. The van der Waals surface area contributed by atoms with Crippen LogP contribution in [-0.4, -0.2) is 11.3 Å². The largest absolute Gasteiger partial charge is 0.420 e. The van der Waals surface area contributed by atoms with E-state index in [4.69, 9.17) is 9.47 Å². The summed E-state index contributed by atoms with van der Waals surface area (Å²) >= 11 is 3.52. The number of ether oxygens (including phenoxy) is 2. The number of hydrogen-bond acceptors (Lipinski definition) is 3. The van der Waals surface area contributed by atoms with Gasteiger partial charge in [-0.15, -0.1) is 0 Å². The monoisotopic (exact) mass is 394 g/mol. The topological polar surface area (TPSA) is 35.5 Å². The third kappa shape index (κ3) is 1.87. The first-order valence-corrected chi connectivity index (χ1v) is 9.37. The second kappa shape index (κ2) is 5.16. The molecule has 0 saturated carbocycles. The third-order valence-corrected chi connectivity index (χ3v) is 5.77. The molecular weight excluding hydrogens is 380 g/mol. The Hall–Kier alpha value is -2.17. The summed E-state index contributed by atoms with van der Waals surface area (Å²) in [5.74, 6) is -1.46. The summed E-state index contributed by atoms with van der Waals surface area (Å²) in [6.45, 7) is 2.05. The molecule has 4 heteroatoms. The van der Waals surface area contributed by atoms with E-state index in [2.05, 4.69) is 22.0 Å². The molecule has 0 radical (unpaired) electrons. The van der Waals surface area contributed by atoms with E-state index in [-0.39, 0.29) is 12.1 Å². The lowest BCUT2D eigenvalue weighted by Crippen LogP contribution is -2.27. The number of benzene rings is 3. The van der Waals surface area contributed by atoms with Crippen LogP contribution in [0.2, 0.25) is 0 Å². The van der Waals surface area contributed by atoms with Gasteiger partial charge >= 0.3 is 5.97 Å². The van der Waals surface area contributed by atoms with Crippen LogP contribution in [0.5, 0.6) is 0 Å². The molecule has 124 valence electrons. The Morgan fingerprint density at radius 2 is 1.84 bits per heavy atom. The Morgan fingerprint density at radius 1 is 1.00 bits per heavy atom. The third-order valence-electron chi connectivity index (χ3n) is 5.19. The van der Waals surface area contributed by atoms with Gasteiger partial charge in [0.25, 0.3) is 5.79 Å². The molecule has 25 heavy (non-hydrogen) atoms. The first-order chi connectivity index (χ1) is 12.2. The maximum atomic E-state index is 12.8. The predicted molar refractivity (Wildman–Crippen MR) is 98.9 cm³/mol. The van der Waals surface area contributed by atoms with Crippen molar-refractivity contribution in [3.8, 4) is 0 Å². The lowest BCUT2D eigenvalue weighted by Gasteiger charge is -2.24. The standard InChI is InChI=1S/C21H15BrO3/c1-12-5-4-7-14-13(12)9-10-17-19(14)20(23)25-21(17)16-8-3-2-6-15(16)18(11-22)24-21/h2-10,18H,11H2,1H3/t18-,21+/m1/s1. The van der Waals surface area contributed by atoms with Gasteiger partial charge in [0, 0.05) is 16.5 Å². The SMILES string of the molecule is Cc1cccc2c3c(ccc12)[C@]1(OC3=O)O[C@H](CBr)c2ccccc21. The van der Waals surface area contributed by atoms with Crippen LogP contribution in [0.25, 0.3) is 10.8 Å². The van der Waals surface area contributed by atoms with Gasteiger partial charge in [0.05, 0.1) is 11.7 Å². The first-order valence-electron chi connectivity index (χ1n) is 8.25. The van der Waals surface area contributed by atoms with E-state index in [1.54, 1.807) is 0 Å². The van der Waals surface area contributed by atoms with Crippen molar-refractivity contribution in [2.24, 2.45) is 0 Å². The van der Waals surface area contributed by atoms with E-state index in [0.717, 1.165) is 33.0 Å². The minimum atomic E-state index is -1.14. The zero-order chi connectivity index (χ0) is 17.2. The van der Waals surface area contributed by atoms with E-state index in [1.807, 2.05) is 55.5 Å². The Labute approximate surface area is 153 Å². The molecule has 0 saturated heterocycles. The summed E-state index contributed by atoms with van der Waals surface area (Å²) in [5, 5.41) is 2.63. The number of alkyl halides is 1. The van der Waals surface area contributed by atoms with Gasteiger partial charge in [-0.2, -0.15) is 0 Å². The predicted octanol–water partition coefficient (Wildman–Crippen LogP) is 4.99. The van der Waals surface area contributed by atoms with Crippen LogP contribution in [0.4, 0.5) is 0 Å². The molecule has 0 aromatic heterocycles. The van der Waals surface area contributed by atoms with Gasteiger partial charge in [0.15, 0.2) is 0 Å². The van der Waals surface area contributed by atoms with Gasteiger partial charge in [-0.3, -0.25) is 0 Å². The molecule has 0 unspecified atom stereocenters. The van der Waals surface area contributed by atoms with Crippen LogP contribution in [0.15, 0.2) is 54.6 Å². The van der Waals surface area contributed by atoms with E-state index in [9.17, 15) is 4.79 Å². The van der Waals surface area contributed by atoms with E-state index in [0.29, 0.717) is 10.9 Å². The van der Waals surface area contributed by atoms with Gasteiger partial charge in [0.1, 0.15) is 0 Å². The average Bonchev–Trinajstić information content (AvgIpc) is 3.11. The van der Waals surface area contributed by atoms with Crippen molar-refractivity contribution in [2.45, 2.75) is 18.8 Å². The normalized spacial score (nSPS) is 23.8. The summed E-state index contributed by atoms with van der Waals surface area (Å²) in [6.07, 6.45) is -0.150. The molecule has 0 amide bonds. The van der Waals surface area contributed by atoms with Gasteiger partial charge in [0.2, 0.25) is 0 Å². The highest BCUT2D eigenvalue weighted by Crippen LogP contribution is 2.54. The van der Waals surface area contributed by atoms with E-state index < -0.39 is 5.79 Å². The Balaban J connectivity index is 1.83. The minimum absolute atomic E-state index is 0.150. The van der Waals surface area contributed by atoms with Crippen LogP contribution >= 0.6 is 15.9 Å². The summed E-state index contributed by atoms with van der Waals surface area (Å²) in [5.41, 5.74) is 4.53. The Kier molecular flexibility index (Phi) is 3.12. The van der Waals surface area contributed by atoms with Crippen molar-refractivity contribution in [3.63, 3.8) is 0 Å². The number of carbonyl (C=O) groups is 1. The maximum Gasteiger partial charge on any atom is 0.342 e. The molecule has 0 aliphatic carbocycles. The molecule has 3 aromatic rings. The highest BCUT2D eigenvalue weighted by molar-refractivity contribution is 9.09. The molecule has 1 spiro atoms. The highest BCUT2D eigenvalue weighted by atomic mass is 79.9. The van der Waals surface area contributed by atoms with Crippen molar-refractivity contribution in [3.05, 3.63) is 82.4 Å². The van der Waals surface area contributed by atoms with Crippen molar-refractivity contribution in [1.29, 1.82) is 0 Å². The second-order valence-electron chi connectivity index (χ2n) is 6.51. The average molecular weight is 395 g/mol. The number of halogens is 1. The zero-order valence-corrected chi connectivity index (χ0v) is 15.2. The van der Waals surface area contributed by atoms with Crippen molar-refractivity contribution in [1.82, 2.24) is 0 Å². The molecule has 0 N–H and O–H groups in total. The fraction of sp³-hybridized carbons (Fsp3) is 0.190. The van der Waals surface area contributed by atoms with Gasteiger partial charge < -0.3 is 9.47 Å². The Bertz CT molecular complexity index is 1040. The van der Waals surface area contributed by atoms with Crippen LogP contribution in [0.3, 0.4) is 0 Å². The lowest BCUT2D eigenvalue weighted by atomic mass is 9.90. The number of carbonyl (C=O) groups excluding carboxylic acids is 1. The first kappa shape index (κ1) is 15.1. The molecule has 2 aliphatic heterocycles. The maximum absolute atomic E-state index is 12.8.